The van der Waals surface area contributed by atoms with Crippen LogP contribution in [0.1, 0.15) is 0 Å². The number of fused-ring (bicyclic) bond motifs is 3. The van der Waals surface area contributed by atoms with E-state index in [-0.39, 0.29) is 0 Å². The van der Waals surface area contributed by atoms with Gasteiger partial charge in [0.15, 0.2) is 0 Å². The van der Waals surface area contributed by atoms with Gasteiger partial charge in [-0.05, 0) is 105 Å². The molecule has 0 spiro atoms. The Morgan fingerprint density at radius 3 is 1.48 bits per heavy atom. The summed E-state index contributed by atoms with van der Waals surface area (Å²) in [6, 6.07) is 92.1. The van der Waals surface area contributed by atoms with Gasteiger partial charge in [-0.3, -0.25) is 0 Å². The highest BCUT2D eigenvalue weighted by Crippen LogP contribution is 2.47. The summed E-state index contributed by atoms with van der Waals surface area (Å²) in [5.41, 5.74) is 18.6. The molecule has 0 saturated heterocycles. The Kier molecular flexibility index (Phi) is 9.57. The van der Waals surface area contributed by atoms with Crippen molar-refractivity contribution >= 4 is 38.9 Å². The van der Waals surface area contributed by atoms with Crippen LogP contribution in [0, 0.1) is 0 Å². The van der Waals surface area contributed by atoms with Crippen molar-refractivity contribution < 1.29 is 0 Å². The highest BCUT2D eigenvalue weighted by Gasteiger charge is 2.22. The molecule has 2 heteroatoms. The minimum absolute atomic E-state index is 1.08. The second kappa shape index (κ2) is 16.1. The molecule has 11 rings (SSSR count). The molecule has 0 unspecified atom stereocenters. The van der Waals surface area contributed by atoms with Crippen molar-refractivity contribution in [2.24, 2.45) is 0 Å². The minimum atomic E-state index is 1.08. The average Bonchev–Trinajstić information content (AvgIpc) is 3.70. The summed E-state index contributed by atoms with van der Waals surface area (Å²) in [5.74, 6) is 0. The maximum Gasteiger partial charge on any atom is 0.0547 e. The molecule has 0 amide bonds. The van der Waals surface area contributed by atoms with Gasteiger partial charge in [0.25, 0.3) is 0 Å². The van der Waals surface area contributed by atoms with Crippen LogP contribution in [0.15, 0.2) is 255 Å². The van der Waals surface area contributed by atoms with E-state index in [4.69, 9.17) is 0 Å². The van der Waals surface area contributed by atoms with Crippen LogP contribution in [-0.2, 0) is 0 Å². The number of benzene rings is 10. The zero-order valence-corrected chi connectivity index (χ0v) is 34.1. The van der Waals surface area contributed by atoms with Gasteiger partial charge in [-0.15, -0.1) is 0 Å². The summed E-state index contributed by atoms with van der Waals surface area (Å²) in [4.78, 5) is 2.43. The standard InChI is InChI=1S/C60H42N2/c1-4-20-43(21-5-1)44-38-40-48(41-39-44)61(57-35-16-14-32-55(57)54-31-13-12-30-53(54)52-29-11-10-28-50(52)45-22-6-2-7-23-45)49-27-18-24-46(42-49)51-34-19-37-59-60(51)56-33-15-17-36-58(56)62(59)47-25-8-3-9-26-47/h1-42H. The second-order valence-electron chi connectivity index (χ2n) is 15.7. The Bertz CT molecular complexity index is 3330. The van der Waals surface area contributed by atoms with Crippen molar-refractivity contribution in [1.29, 1.82) is 0 Å². The van der Waals surface area contributed by atoms with Gasteiger partial charge >= 0.3 is 0 Å². The van der Waals surface area contributed by atoms with E-state index in [1.807, 2.05) is 0 Å². The summed E-state index contributed by atoms with van der Waals surface area (Å²) < 4.78 is 2.39. The lowest BCUT2D eigenvalue weighted by molar-refractivity contribution is 1.18. The molecule has 2 nitrogen and oxygen atoms in total. The Labute approximate surface area is 362 Å². The smallest absolute Gasteiger partial charge is 0.0547 e. The molecule has 1 heterocycles. The van der Waals surface area contributed by atoms with Gasteiger partial charge in [-0.25, -0.2) is 0 Å². The average molecular weight is 791 g/mol. The van der Waals surface area contributed by atoms with Crippen LogP contribution < -0.4 is 4.90 Å². The monoisotopic (exact) mass is 790 g/mol. The number of hydrogen-bond acceptors (Lipinski definition) is 1. The molecule has 292 valence electrons. The Morgan fingerprint density at radius 1 is 0.274 bits per heavy atom. The SMILES string of the molecule is c1ccc(-c2ccc(N(c3cccc(-c4cccc5c4c4ccccc4n5-c4ccccc4)c3)c3ccccc3-c3ccccc3-c3ccccc3-c3ccccc3)cc2)cc1. The lowest BCUT2D eigenvalue weighted by atomic mass is 9.88. The van der Waals surface area contributed by atoms with Crippen LogP contribution in [-0.4, -0.2) is 4.57 Å². The molecule has 11 aromatic rings. The van der Waals surface area contributed by atoms with Crippen LogP contribution in [0.4, 0.5) is 17.1 Å². The summed E-state index contributed by atoms with van der Waals surface area (Å²) in [6.07, 6.45) is 0. The molecular weight excluding hydrogens is 749 g/mol. The maximum atomic E-state index is 2.43. The number of para-hydroxylation sites is 3. The second-order valence-corrected chi connectivity index (χ2v) is 15.7. The van der Waals surface area contributed by atoms with Gasteiger partial charge in [0, 0.05) is 33.4 Å². The zero-order chi connectivity index (χ0) is 41.2. The molecule has 62 heavy (non-hydrogen) atoms. The molecule has 0 aliphatic heterocycles. The van der Waals surface area contributed by atoms with E-state index >= 15 is 0 Å². The molecule has 0 aliphatic rings. The maximum absolute atomic E-state index is 2.43. The van der Waals surface area contributed by atoms with E-state index in [2.05, 4.69) is 264 Å². The van der Waals surface area contributed by atoms with E-state index in [1.165, 1.54) is 66.3 Å². The van der Waals surface area contributed by atoms with Gasteiger partial charge in [0.1, 0.15) is 0 Å². The molecule has 0 bridgehead atoms. The largest absolute Gasteiger partial charge is 0.310 e. The first-order valence-corrected chi connectivity index (χ1v) is 21.3. The molecule has 0 atom stereocenters. The lowest BCUT2D eigenvalue weighted by Gasteiger charge is -2.29. The number of hydrogen-bond donors (Lipinski definition) is 0. The molecule has 10 aromatic carbocycles. The first-order valence-electron chi connectivity index (χ1n) is 21.3. The molecule has 0 radical (unpaired) electrons. The van der Waals surface area contributed by atoms with Gasteiger partial charge in [0.05, 0.1) is 16.7 Å². The normalized spacial score (nSPS) is 11.2. The molecule has 0 N–H and O–H groups in total. The van der Waals surface area contributed by atoms with E-state index in [0.717, 1.165) is 33.9 Å². The van der Waals surface area contributed by atoms with Crippen molar-refractivity contribution in [3.8, 4) is 61.3 Å². The summed E-state index contributed by atoms with van der Waals surface area (Å²) in [5, 5.41) is 2.48. The zero-order valence-electron chi connectivity index (χ0n) is 34.1. The van der Waals surface area contributed by atoms with Crippen molar-refractivity contribution in [3.63, 3.8) is 0 Å². The van der Waals surface area contributed by atoms with Crippen LogP contribution in [0.25, 0.3) is 83.1 Å². The first-order chi connectivity index (χ1) is 30.8. The summed E-state index contributed by atoms with van der Waals surface area (Å²) in [6.45, 7) is 0. The third kappa shape index (κ3) is 6.65. The minimum Gasteiger partial charge on any atom is -0.310 e. The van der Waals surface area contributed by atoms with E-state index < -0.39 is 0 Å². The van der Waals surface area contributed by atoms with E-state index in [9.17, 15) is 0 Å². The van der Waals surface area contributed by atoms with Gasteiger partial charge in [-0.1, -0.05) is 200 Å². The highest BCUT2D eigenvalue weighted by atomic mass is 15.1. The topological polar surface area (TPSA) is 8.17 Å². The molecule has 0 aliphatic carbocycles. The molecule has 1 aromatic heterocycles. The lowest BCUT2D eigenvalue weighted by Crippen LogP contribution is -2.11. The number of aromatic nitrogens is 1. The number of anilines is 3. The first kappa shape index (κ1) is 36.8. The summed E-state index contributed by atoms with van der Waals surface area (Å²) >= 11 is 0. The third-order valence-corrected chi connectivity index (χ3v) is 12.0. The van der Waals surface area contributed by atoms with Crippen LogP contribution in [0.5, 0.6) is 0 Å². The van der Waals surface area contributed by atoms with Crippen LogP contribution >= 0.6 is 0 Å². The summed E-state index contributed by atoms with van der Waals surface area (Å²) in [7, 11) is 0. The molecule has 0 fully saturated rings. The highest BCUT2D eigenvalue weighted by molar-refractivity contribution is 6.16. The fourth-order valence-electron chi connectivity index (χ4n) is 9.23. The fraction of sp³-hybridized carbons (Fsp3) is 0. The van der Waals surface area contributed by atoms with E-state index in [0.29, 0.717) is 0 Å². The Hall–Kier alpha value is -8.20. The third-order valence-electron chi connectivity index (χ3n) is 12.0. The predicted octanol–water partition coefficient (Wildman–Crippen LogP) is 16.6. The van der Waals surface area contributed by atoms with Gasteiger partial charge in [-0.2, -0.15) is 0 Å². The Morgan fingerprint density at radius 2 is 0.758 bits per heavy atom. The van der Waals surface area contributed by atoms with Crippen molar-refractivity contribution in [1.82, 2.24) is 4.57 Å². The Balaban J connectivity index is 1.11. The van der Waals surface area contributed by atoms with Crippen molar-refractivity contribution in [2.75, 3.05) is 4.90 Å². The molecular formula is C60H42N2. The van der Waals surface area contributed by atoms with E-state index in [1.54, 1.807) is 0 Å². The molecule has 0 saturated carbocycles. The number of rotatable bonds is 9. The fourth-order valence-corrected chi connectivity index (χ4v) is 9.23. The van der Waals surface area contributed by atoms with Crippen molar-refractivity contribution in [3.05, 3.63) is 255 Å². The van der Waals surface area contributed by atoms with Crippen molar-refractivity contribution in [2.45, 2.75) is 0 Å². The predicted molar refractivity (Wildman–Crippen MR) is 263 cm³/mol. The quantitative estimate of drug-likeness (QED) is 0.141. The van der Waals surface area contributed by atoms with Crippen LogP contribution in [0.3, 0.4) is 0 Å². The number of nitrogens with zero attached hydrogens (tertiary/aromatic N) is 2. The van der Waals surface area contributed by atoms with Crippen LogP contribution in [0.2, 0.25) is 0 Å². The van der Waals surface area contributed by atoms with Gasteiger partial charge in [0.2, 0.25) is 0 Å². The van der Waals surface area contributed by atoms with Gasteiger partial charge < -0.3 is 9.47 Å².